The average Bonchev–Trinajstić information content (AvgIpc) is 2.68. The molecule has 18 heavy (non-hydrogen) atoms. The van der Waals surface area contributed by atoms with Gasteiger partial charge in [-0.2, -0.15) is 0 Å². The summed E-state index contributed by atoms with van der Waals surface area (Å²) < 4.78 is 0. The highest BCUT2D eigenvalue weighted by Crippen LogP contribution is 2.43. The number of carbonyl (C=O) groups excluding carboxylic acids is 1. The molecule has 0 saturated carbocycles. The molecule has 0 amide bonds. The molecular formula is C15H14OS2. The van der Waals surface area contributed by atoms with E-state index in [1.165, 1.54) is 22.0 Å². The van der Waals surface area contributed by atoms with Crippen LogP contribution in [0.4, 0.5) is 0 Å². The molecule has 0 spiro atoms. The minimum Gasteiger partial charge on any atom is -0.281 e. The van der Waals surface area contributed by atoms with Crippen molar-refractivity contribution in [3.05, 3.63) is 35.9 Å². The monoisotopic (exact) mass is 274 g/mol. The number of benzene rings is 2. The molecule has 2 aromatic rings. The van der Waals surface area contributed by atoms with Crippen molar-refractivity contribution in [2.24, 2.45) is 5.92 Å². The van der Waals surface area contributed by atoms with Gasteiger partial charge in [-0.15, -0.1) is 11.8 Å². The Hall–Kier alpha value is -0.930. The van der Waals surface area contributed by atoms with Crippen LogP contribution in [0.25, 0.3) is 10.8 Å². The predicted molar refractivity (Wildman–Crippen MR) is 79.7 cm³/mol. The van der Waals surface area contributed by atoms with Gasteiger partial charge in [-0.05, 0) is 41.3 Å². The summed E-state index contributed by atoms with van der Waals surface area (Å²) in [6.45, 7) is 4.46. The third kappa shape index (κ3) is 1.95. The van der Waals surface area contributed by atoms with Gasteiger partial charge in [-0.3, -0.25) is 4.79 Å². The van der Waals surface area contributed by atoms with Gasteiger partial charge in [0.15, 0.2) is 0 Å². The molecule has 0 aromatic heterocycles. The average molecular weight is 274 g/mol. The maximum absolute atomic E-state index is 11.9. The van der Waals surface area contributed by atoms with Crippen molar-refractivity contribution < 1.29 is 4.79 Å². The van der Waals surface area contributed by atoms with Crippen LogP contribution in [0.15, 0.2) is 40.1 Å². The van der Waals surface area contributed by atoms with Crippen LogP contribution in [0.1, 0.15) is 24.2 Å². The number of rotatable bonds is 3. The predicted octanol–water partition coefficient (Wildman–Crippen LogP) is 4.83. The van der Waals surface area contributed by atoms with Crippen LogP contribution >= 0.6 is 23.5 Å². The first-order valence-electron chi connectivity index (χ1n) is 6.07. The second-order valence-electron chi connectivity index (χ2n) is 4.88. The molecule has 0 aliphatic carbocycles. The standard InChI is InChI=1S/C15H14OS2/c1-9(2)8-17-12-6-7-13-14-10(12)4-3-5-11(14)15(16)18-13/h3-7,9H,8H2,1-2H3. The first kappa shape index (κ1) is 12.1. The lowest BCUT2D eigenvalue weighted by Crippen LogP contribution is -1.91. The van der Waals surface area contributed by atoms with Crippen molar-refractivity contribution >= 4 is 39.4 Å². The van der Waals surface area contributed by atoms with Crippen LogP contribution in [0.3, 0.4) is 0 Å². The Morgan fingerprint density at radius 1 is 1.22 bits per heavy atom. The normalized spacial score (nSPS) is 13.8. The highest BCUT2D eigenvalue weighted by molar-refractivity contribution is 8.14. The van der Waals surface area contributed by atoms with Crippen LogP contribution in [0.5, 0.6) is 0 Å². The Morgan fingerprint density at radius 3 is 2.83 bits per heavy atom. The Labute approximate surface area is 115 Å². The van der Waals surface area contributed by atoms with E-state index < -0.39 is 0 Å². The Kier molecular flexibility index (Phi) is 3.12. The highest BCUT2D eigenvalue weighted by Gasteiger charge is 2.23. The van der Waals surface area contributed by atoms with Crippen molar-refractivity contribution in [3.8, 4) is 0 Å². The third-order valence-electron chi connectivity index (χ3n) is 2.96. The molecule has 1 aliphatic rings. The summed E-state index contributed by atoms with van der Waals surface area (Å²) in [5, 5.41) is 2.57. The lowest BCUT2D eigenvalue weighted by atomic mass is 10.1. The minimum atomic E-state index is 0.182. The summed E-state index contributed by atoms with van der Waals surface area (Å²) in [5.41, 5.74) is 0.875. The van der Waals surface area contributed by atoms with E-state index in [2.05, 4.69) is 32.0 Å². The van der Waals surface area contributed by atoms with Crippen LogP contribution in [0, 0.1) is 5.92 Å². The topological polar surface area (TPSA) is 17.1 Å². The fourth-order valence-electron chi connectivity index (χ4n) is 2.14. The molecule has 0 fully saturated rings. The Balaban J connectivity index is 2.13. The van der Waals surface area contributed by atoms with Gasteiger partial charge >= 0.3 is 0 Å². The van der Waals surface area contributed by atoms with Gasteiger partial charge < -0.3 is 0 Å². The van der Waals surface area contributed by atoms with Gasteiger partial charge in [0.1, 0.15) is 0 Å². The quantitative estimate of drug-likeness (QED) is 0.746. The van der Waals surface area contributed by atoms with Crippen LogP contribution < -0.4 is 0 Å². The largest absolute Gasteiger partial charge is 0.281 e. The maximum atomic E-state index is 11.9. The van der Waals surface area contributed by atoms with E-state index in [0.29, 0.717) is 5.92 Å². The number of hydrogen-bond acceptors (Lipinski definition) is 3. The van der Waals surface area contributed by atoms with E-state index in [4.69, 9.17) is 0 Å². The minimum absolute atomic E-state index is 0.182. The molecule has 1 nitrogen and oxygen atoms in total. The fourth-order valence-corrected chi connectivity index (χ4v) is 4.08. The molecule has 0 N–H and O–H groups in total. The molecule has 1 aliphatic heterocycles. The van der Waals surface area contributed by atoms with E-state index in [0.717, 1.165) is 21.6 Å². The van der Waals surface area contributed by atoms with Gasteiger partial charge in [0.2, 0.25) is 5.12 Å². The number of thioether (sulfide) groups is 2. The molecule has 0 atom stereocenters. The second kappa shape index (κ2) is 4.63. The first-order chi connectivity index (χ1) is 8.66. The SMILES string of the molecule is CC(C)CSc1ccc2c3c(cccc13)C(=O)S2. The lowest BCUT2D eigenvalue weighted by Gasteiger charge is -2.09. The first-order valence-corrected chi connectivity index (χ1v) is 7.87. The summed E-state index contributed by atoms with van der Waals surface area (Å²) in [7, 11) is 0. The van der Waals surface area contributed by atoms with Gasteiger partial charge in [0.05, 0.1) is 0 Å². The zero-order valence-corrected chi connectivity index (χ0v) is 12.0. The zero-order chi connectivity index (χ0) is 12.7. The number of carbonyl (C=O) groups is 1. The molecular weight excluding hydrogens is 260 g/mol. The van der Waals surface area contributed by atoms with Crippen molar-refractivity contribution in [3.63, 3.8) is 0 Å². The van der Waals surface area contributed by atoms with Gasteiger partial charge in [0, 0.05) is 26.5 Å². The van der Waals surface area contributed by atoms with E-state index in [-0.39, 0.29) is 5.12 Å². The second-order valence-corrected chi connectivity index (χ2v) is 6.96. The highest BCUT2D eigenvalue weighted by atomic mass is 32.2. The van der Waals surface area contributed by atoms with Gasteiger partial charge in [-0.1, -0.05) is 26.0 Å². The summed E-state index contributed by atoms with van der Waals surface area (Å²) in [6, 6.07) is 10.3. The molecule has 2 aromatic carbocycles. The molecule has 3 rings (SSSR count). The van der Waals surface area contributed by atoms with Crippen molar-refractivity contribution in [1.82, 2.24) is 0 Å². The van der Waals surface area contributed by atoms with Gasteiger partial charge in [0.25, 0.3) is 0 Å². The molecule has 1 heterocycles. The Bertz CT molecular complexity index is 632. The summed E-state index contributed by atoms with van der Waals surface area (Å²) in [6.07, 6.45) is 0. The van der Waals surface area contributed by atoms with E-state index in [1.807, 2.05) is 23.9 Å². The fraction of sp³-hybridized carbons (Fsp3) is 0.267. The zero-order valence-electron chi connectivity index (χ0n) is 10.4. The van der Waals surface area contributed by atoms with E-state index in [1.54, 1.807) is 0 Å². The van der Waals surface area contributed by atoms with Crippen LogP contribution in [0.2, 0.25) is 0 Å². The summed E-state index contributed by atoms with van der Waals surface area (Å²) >= 11 is 3.24. The molecule has 0 radical (unpaired) electrons. The summed E-state index contributed by atoms with van der Waals surface area (Å²) in [4.78, 5) is 14.3. The smallest absolute Gasteiger partial charge is 0.224 e. The van der Waals surface area contributed by atoms with Crippen molar-refractivity contribution in [2.75, 3.05) is 5.75 Å². The number of hydrogen-bond donors (Lipinski definition) is 0. The maximum Gasteiger partial charge on any atom is 0.224 e. The molecule has 92 valence electrons. The van der Waals surface area contributed by atoms with Crippen molar-refractivity contribution in [2.45, 2.75) is 23.6 Å². The molecule has 0 bridgehead atoms. The van der Waals surface area contributed by atoms with Crippen LogP contribution in [-0.2, 0) is 0 Å². The van der Waals surface area contributed by atoms with E-state index >= 15 is 0 Å². The molecule has 3 heteroatoms. The van der Waals surface area contributed by atoms with Gasteiger partial charge in [-0.25, -0.2) is 0 Å². The van der Waals surface area contributed by atoms with Crippen molar-refractivity contribution in [1.29, 1.82) is 0 Å². The Morgan fingerprint density at radius 2 is 2.06 bits per heavy atom. The molecule has 0 saturated heterocycles. The summed E-state index contributed by atoms with van der Waals surface area (Å²) in [5.74, 6) is 1.79. The third-order valence-corrected chi connectivity index (χ3v) is 5.42. The molecule has 0 unspecified atom stereocenters. The lowest BCUT2D eigenvalue weighted by molar-refractivity contribution is 0.109. The van der Waals surface area contributed by atoms with Crippen LogP contribution in [-0.4, -0.2) is 10.9 Å². The van der Waals surface area contributed by atoms with E-state index in [9.17, 15) is 4.79 Å².